The van der Waals surface area contributed by atoms with Gasteiger partial charge in [-0.25, -0.2) is 0 Å². The standard InChI is InChI=1S/C23H23F3N6O/c1-31-13-19-18-10-15(29-21(33)12-28-16-8-9-27-11-16)4-7-20(18)32(22(19)30-31)17-5-2-14(3-6-17)23(24,25)26/h2-7,10,13,16,27-28H,8-9,11-12H2,1H3,(H,29,33). The number of anilines is 1. The SMILES string of the molecule is Cn1cc2c3cc(NC(=O)CNC4CCNC4)ccc3n(-c3ccc(C(F)(F)F)cc3)c2n1. The number of nitrogens with one attached hydrogen (secondary N) is 3. The number of fused-ring (bicyclic) bond motifs is 3. The monoisotopic (exact) mass is 456 g/mol. The Balaban J connectivity index is 1.47. The summed E-state index contributed by atoms with van der Waals surface area (Å²) in [4.78, 5) is 12.4. The summed E-state index contributed by atoms with van der Waals surface area (Å²) in [6.07, 6.45) is -1.54. The van der Waals surface area contributed by atoms with E-state index in [0.717, 1.165) is 47.9 Å². The minimum Gasteiger partial charge on any atom is -0.325 e. The minimum absolute atomic E-state index is 0.133. The molecule has 0 spiro atoms. The van der Waals surface area contributed by atoms with Crippen molar-refractivity contribution in [1.82, 2.24) is 25.0 Å². The van der Waals surface area contributed by atoms with Gasteiger partial charge in [-0.1, -0.05) is 0 Å². The van der Waals surface area contributed by atoms with Gasteiger partial charge in [0.1, 0.15) is 0 Å². The second-order valence-electron chi connectivity index (χ2n) is 8.27. The number of amides is 1. The molecule has 2 aromatic carbocycles. The first kappa shape index (κ1) is 21.5. The first-order valence-corrected chi connectivity index (χ1v) is 10.7. The molecule has 7 nitrogen and oxygen atoms in total. The first-order valence-electron chi connectivity index (χ1n) is 10.7. The van der Waals surface area contributed by atoms with E-state index in [1.807, 2.05) is 22.9 Å². The molecule has 172 valence electrons. The number of aromatic nitrogens is 3. The van der Waals surface area contributed by atoms with E-state index in [4.69, 9.17) is 0 Å². The topological polar surface area (TPSA) is 75.9 Å². The van der Waals surface area contributed by atoms with Crippen LogP contribution < -0.4 is 16.0 Å². The summed E-state index contributed by atoms with van der Waals surface area (Å²) < 4.78 is 42.5. The van der Waals surface area contributed by atoms with Crippen LogP contribution in [0, 0.1) is 0 Å². The maximum atomic E-state index is 13.0. The lowest BCUT2D eigenvalue weighted by atomic mass is 10.2. The molecule has 1 aliphatic heterocycles. The summed E-state index contributed by atoms with van der Waals surface area (Å²) in [5.41, 5.74) is 1.95. The minimum atomic E-state index is -4.39. The Morgan fingerprint density at radius 3 is 2.67 bits per heavy atom. The lowest BCUT2D eigenvalue weighted by Gasteiger charge is -2.12. The molecule has 4 aromatic rings. The molecule has 0 radical (unpaired) electrons. The van der Waals surface area contributed by atoms with Crippen LogP contribution >= 0.6 is 0 Å². The van der Waals surface area contributed by atoms with E-state index in [1.54, 1.807) is 17.8 Å². The van der Waals surface area contributed by atoms with E-state index < -0.39 is 11.7 Å². The Morgan fingerprint density at radius 1 is 1.18 bits per heavy atom. The van der Waals surface area contributed by atoms with Gasteiger partial charge in [0, 0.05) is 48.0 Å². The molecule has 0 aliphatic carbocycles. The molecular formula is C23H23F3N6O. The molecule has 3 heterocycles. The van der Waals surface area contributed by atoms with Gasteiger partial charge >= 0.3 is 6.18 Å². The van der Waals surface area contributed by atoms with Gasteiger partial charge in [-0.05, 0) is 55.4 Å². The van der Waals surface area contributed by atoms with Crippen molar-refractivity contribution in [3.63, 3.8) is 0 Å². The Labute approximate surface area is 187 Å². The fourth-order valence-corrected chi connectivity index (χ4v) is 4.30. The molecule has 1 saturated heterocycles. The van der Waals surface area contributed by atoms with Crippen molar-refractivity contribution in [2.75, 3.05) is 25.0 Å². The third-order valence-electron chi connectivity index (χ3n) is 5.90. The van der Waals surface area contributed by atoms with Crippen LogP contribution in [0.25, 0.3) is 27.6 Å². The number of carbonyl (C=O) groups excluding carboxylic acids is 1. The van der Waals surface area contributed by atoms with Gasteiger partial charge in [0.15, 0.2) is 5.65 Å². The number of nitrogens with zero attached hydrogens (tertiary/aromatic N) is 3. The number of aryl methyl sites for hydroxylation is 1. The Bertz CT molecular complexity index is 1320. The van der Waals surface area contributed by atoms with Crippen LogP contribution in [0.3, 0.4) is 0 Å². The van der Waals surface area contributed by atoms with Crippen LogP contribution in [0.4, 0.5) is 18.9 Å². The Kier molecular flexibility index (Phi) is 5.34. The van der Waals surface area contributed by atoms with E-state index in [0.29, 0.717) is 23.1 Å². The van der Waals surface area contributed by atoms with E-state index in [-0.39, 0.29) is 12.5 Å². The third-order valence-corrected chi connectivity index (χ3v) is 5.90. The average molecular weight is 456 g/mol. The summed E-state index contributed by atoms with van der Waals surface area (Å²) in [6.45, 7) is 2.03. The summed E-state index contributed by atoms with van der Waals surface area (Å²) in [7, 11) is 1.79. The van der Waals surface area contributed by atoms with Crippen LogP contribution in [0.2, 0.25) is 0 Å². The van der Waals surface area contributed by atoms with Crippen molar-refractivity contribution in [3.8, 4) is 5.69 Å². The van der Waals surface area contributed by atoms with Crippen LogP contribution in [0.15, 0.2) is 48.7 Å². The van der Waals surface area contributed by atoms with E-state index in [9.17, 15) is 18.0 Å². The Hall–Kier alpha value is -3.37. The van der Waals surface area contributed by atoms with Gasteiger partial charge < -0.3 is 16.0 Å². The molecule has 3 N–H and O–H groups in total. The van der Waals surface area contributed by atoms with Gasteiger partial charge in [0.05, 0.1) is 17.6 Å². The molecule has 33 heavy (non-hydrogen) atoms. The van der Waals surface area contributed by atoms with E-state index >= 15 is 0 Å². The number of hydrogen-bond donors (Lipinski definition) is 3. The van der Waals surface area contributed by atoms with Gasteiger partial charge in [-0.15, -0.1) is 0 Å². The fraction of sp³-hybridized carbons (Fsp3) is 0.304. The number of alkyl halides is 3. The predicted molar refractivity (Wildman–Crippen MR) is 120 cm³/mol. The zero-order valence-corrected chi connectivity index (χ0v) is 17.9. The molecule has 10 heteroatoms. The molecule has 1 aliphatic rings. The van der Waals surface area contributed by atoms with Crippen molar-refractivity contribution in [3.05, 3.63) is 54.2 Å². The number of halogens is 3. The highest BCUT2D eigenvalue weighted by Crippen LogP contribution is 2.34. The van der Waals surface area contributed by atoms with Crippen LogP contribution in [0.1, 0.15) is 12.0 Å². The predicted octanol–water partition coefficient (Wildman–Crippen LogP) is 3.43. The average Bonchev–Trinajstić information content (AvgIpc) is 3.48. The van der Waals surface area contributed by atoms with Crippen molar-refractivity contribution < 1.29 is 18.0 Å². The number of rotatable bonds is 5. The highest BCUT2D eigenvalue weighted by molar-refractivity contribution is 6.09. The van der Waals surface area contributed by atoms with Crippen molar-refractivity contribution >= 4 is 33.5 Å². The van der Waals surface area contributed by atoms with Gasteiger partial charge in [0.2, 0.25) is 5.91 Å². The van der Waals surface area contributed by atoms with E-state index in [2.05, 4.69) is 21.0 Å². The van der Waals surface area contributed by atoms with Gasteiger partial charge in [0.25, 0.3) is 0 Å². The molecule has 2 aromatic heterocycles. The summed E-state index contributed by atoms with van der Waals surface area (Å²) in [5, 5.41) is 15.6. The highest BCUT2D eigenvalue weighted by Gasteiger charge is 2.30. The molecule has 1 amide bonds. The lowest BCUT2D eigenvalue weighted by Crippen LogP contribution is -2.37. The molecule has 0 bridgehead atoms. The maximum Gasteiger partial charge on any atom is 0.416 e. The molecule has 0 saturated carbocycles. The number of benzene rings is 2. The van der Waals surface area contributed by atoms with Gasteiger partial charge in [-0.3, -0.25) is 14.0 Å². The largest absolute Gasteiger partial charge is 0.416 e. The second-order valence-corrected chi connectivity index (χ2v) is 8.27. The second kappa shape index (κ2) is 8.20. The number of carbonyl (C=O) groups is 1. The summed E-state index contributed by atoms with van der Waals surface area (Å²) in [6, 6.07) is 10.8. The van der Waals surface area contributed by atoms with Crippen molar-refractivity contribution in [1.29, 1.82) is 0 Å². The zero-order valence-electron chi connectivity index (χ0n) is 17.9. The van der Waals surface area contributed by atoms with Gasteiger partial charge in [-0.2, -0.15) is 18.3 Å². The molecule has 1 unspecified atom stereocenters. The summed E-state index contributed by atoms with van der Waals surface area (Å²) >= 11 is 0. The summed E-state index contributed by atoms with van der Waals surface area (Å²) in [5.74, 6) is -0.133. The van der Waals surface area contributed by atoms with Crippen LogP contribution in [-0.4, -0.2) is 45.9 Å². The lowest BCUT2D eigenvalue weighted by molar-refractivity contribution is -0.137. The van der Waals surface area contributed by atoms with Crippen LogP contribution in [-0.2, 0) is 18.0 Å². The van der Waals surface area contributed by atoms with Crippen LogP contribution in [0.5, 0.6) is 0 Å². The molecule has 1 fully saturated rings. The maximum absolute atomic E-state index is 13.0. The zero-order chi connectivity index (χ0) is 23.2. The van der Waals surface area contributed by atoms with Crippen molar-refractivity contribution in [2.45, 2.75) is 18.6 Å². The first-order chi connectivity index (χ1) is 15.8. The molecule has 1 atom stereocenters. The van der Waals surface area contributed by atoms with Crippen molar-refractivity contribution in [2.24, 2.45) is 7.05 Å². The van der Waals surface area contributed by atoms with E-state index in [1.165, 1.54) is 12.1 Å². The highest BCUT2D eigenvalue weighted by atomic mass is 19.4. The smallest absolute Gasteiger partial charge is 0.325 e. The third kappa shape index (κ3) is 4.19. The fourth-order valence-electron chi connectivity index (χ4n) is 4.30. The quantitative estimate of drug-likeness (QED) is 0.430. The normalized spacial score (nSPS) is 16.7. The molecule has 5 rings (SSSR count). The number of hydrogen-bond acceptors (Lipinski definition) is 4. The Morgan fingerprint density at radius 2 is 1.97 bits per heavy atom. The molecular weight excluding hydrogens is 433 g/mol.